The molecule has 0 bridgehead atoms. The predicted molar refractivity (Wildman–Crippen MR) is 63.2 cm³/mol. The number of carbonyl (C=O) groups is 1. The zero-order valence-corrected chi connectivity index (χ0v) is 10.1. The van der Waals surface area contributed by atoms with Crippen LogP contribution in [-0.4, -0.2) is 5.78 Å². The number of ketones is 1. The summed E-state index contributed by atoms with van der Waals surface area (Å²) in [7, 11) is 0. The van der Waals surface area contributed by atoms with Gasteiger partial charge in [-0.1, -0.05) is 34.8 Å². The zero-order chi connectivity index (χ0) is 10.4. The van der Waals surface area contributed by atoms with Gasteiger partial charge in [-0.2, -0.15) is 0 Å². The molecule has 0 radical (unpaired) electrons. The van der Waals surface area contributed by atoms with Crippen molar-refractivity contribution in [2.75, 3.05) is 0 Å². The fourth-order valence-electron chi connectivity index (χ4n) is 3.08. The molecular weight excluding hydrogens is 252 g/mol. The highest BCUT2D eigenvalue weighted by Gasteiger charge is 2.40. The van der Waals surface area contributed by atoms with E-state index in [1.165, 1.54) is 24.8 Å². The molecule has 3 rings (SSSR count). The lowest BCUT2D eigenvalue weighted by Gasteiger charge is -2.24. The minimum atomic E-state index is 0.294. The normalized spacial score (nSPS) is 28.7. The van der Waals surface area contributed by atoms with Crippen LogP contribution in [0, 0.1) is 5.92 Å². The van der Waals surface area contributed by atoms with Gasteiger partial charge >= 0.3 is 0 Å². The van der Waals surface area contributed by atoms with Crippen molar-refractivity contribution in [1.29, 1.82) is 0 Å². The molecule has 2 aliphatic rings. The highest BCUT2D eigenvalue weighted by molar-refractivity contribution is 9.10. The van der Waals surface area contributed by atoms with Crippen LogP contribution in [0.4, 0.5) is 0 Å². The molecule has 0 heterocycles. The SMILES string of the molecule is O=C1c2cc(Br)ccc2[C@H]2CCCC[C@H]12. The Balaban J connectivity index is 2.11. The van der Waals surface area contributed by atoms with Crippen LogP contribution in [0.1, 0.15) is 47.5 Å². The summed E-state index contributed by atoms with van der Waals surface area (Å²) in [6.45, 7) is 0. The van der Waals surface area contributed by atoms with E-state index in [1.54, 1.807) is 0 Å². The molecule has 2 atom stereocenters. The molecule has 1 fully saturated rings. The molecule has 0 N–H and O–H groups in total. The van der Waals surface area contributed by atoms with E-state index in [-0.39, 0.29) is 0 Å². The fourth-order valence-corrected chi connectivity index (χ4v) is 3.44. The lowest BCUT2D eigenvalue weighted by atomic mass is 9.79. The van der Waals surface area contributed by atoms with Gasteiger partial charge in [0.05, 0.1) is 0 Å². The minimum absolute atomic E-state index is 0.294. The smallest absolute Gasteiger partial charge is 0.166 e. The minimum Gasteiger partial charge on any atom is -0.294 e. The summed E-state index contributed by atoms with van der Waals surface area (Å²) in [5.41, 5.74) is 2.27. The Morgan fingerprint density at radius 3 is 2.67 bits per heavy atom. The monoisotopic (exact) mass is 264 g/mol. The van der Waals surface area contributed by atoms with Gasteiger partial charge in [-0.05, 0) is 36.5 Å². The third-order valence-corrected chi connectivity index (χ3v) is 4.28. The molecular formula is C13H13BrO. The molecule has 1 aromatic rings. The van der Waals surface area contributed by atoms with Gasteiger partial charge in [0.1, 0.15) is 0 Å². The second-order valence-electron chi connectivity index (χ2n) is 4.59. The van der Waals surface area contributed by atoms with E-state index in [0.717, 1.165) is 16.5 Å². The molecule has 15 heavy (non-hydrogen) atoms. The van der Waals surface area contributed by atoms with Crippen LogP contribution in [0.15, 0.2) is 22.7 Å². The van der Waals surface area contributed by atoms with Crippen LogP contribution in [0.2, 0.25) is 0 Å². The summed E-state index contributed by atoms with van der Waals surface area (Å²) < 4.78 is 1.02. The summed E-state index contributed by atoms with van der Waals surface area (Å²) in [6, 6.07) is 6.19. The van der Waals surface area contributed by atoms with E-state index in [4.69, 9.17) is 0 Å². The van der Waals surface area contributed by atoms with Crippen molar-refractivity contribution in [3.63, 3.8) is 0 Å². The van der Waals surface area contributed by atoms with Gasteiger partial charge in [0.25, 0.3) is 0 Å². The summed E-state index contributed by atoms with van der Waals surface area (Å²) in [5.74, 6) is 1.20. The van der Waals surface area contributed by atoms with Crippen LogP contribution in [-0.2, 0) is 0 Å². The van der Waals surface area contributed by atoms with E-state index in [9.17, 15) is 4.79 Å². The molecule has 2 heteroatoms. The van der Waals surface area contributed by atoms with Crippen molar-refractivity contribution in [2.45, 2.75) is 31.6 Å². The van der Waals surface area contributed by atoms with E-state index < -0.39 is 0 Å². The third-order valence-electron chi connectivity index (χ3n) is 3.78. The quantitative estimate of drug-likeness (QED) is 0.694. The molecule has 0 unspecified atom stereocenters. The molecule has 2 aliphatic carbocycles. The van der Waals surface area contributed by atoms with Gasteiger partial charge in [0, 0.05) is 16.0 Å². The Hall–Kier alpha value is -0.630. The maximum absolute atomic E-state index is 12.2. The van der Waals surface area contributed by atoms with E-state index in [1.807, 2.05) is 6.07 Å². The number of rotatable bonds is 0. The van der Waals surface area contributed by atoms with Gasteiger partial charge in [0.15, 0.2) is 5.78 Å². The number of fused-ring (bicyclic) bond motifs is 3. The van der Waals surface area contributed by atoms with Crippen LogP contribution in [0.25, 0.3) is 0 Å². The highest BCUT2D eigenvalue weighted by Crippen LogP contribution is 2.46. The van der Waals surface area contributed by atoms with Gasteiger partial charge in [-0.3, -0.25) is 4.79 Å². The van der Waals surface area contributed by atoms with Gasteiger partial charge in [-0.25, -0.2) is 0 Å². The van der Waals surface area contributed by atoms with Crippen LogP contribution in [0.3, 0.4) is 0 Å². The van der Waals surface area contributed by atoms with E-state index in [0.29, 0.717) is 17.6 Å². The lowest BCUT2D eigenvalue weighted by molar-refractivity contribution is 0.0898. The molecule has 78 valence electrons. The van der Waals surface area contributed by atoms with Crippen LogP contribution >= 0.6 is 15.9 Å². The molecule has 0 saturated heterocycles. The molecule has 0 amide bonds. The second-order valence-corrected chi connectivity index (χ2v) is 5.51. The number of Topliss-reactive ketones (excluding diaryl/α,β-unsaturated/α-hetero) is 1. The van der Waals surface area contributed by atoms with Crippen molar-refractivity contribution < 1.29 is 4.79 Å². The molecule has 1 aromatic carbocycles. The Morgan fingerprint density at radius 1 is 1.13 bits per heavy atom. The highest BCUT2D eigenvalue weighted by atomic mass is 79.9. The largest absolute Gasteiger partial charge is 0.294 e. The number of carbonyl (C=O) groups excluding carboxylic acids is 1. The van der Waals surface area contributed by atoms with E-state index >= 15 is 0 Å². The first kappa shape index (κ1) is 9.59. The number of hydrogen-bond donors (Lipinski definition) is 0. The number of halogens is 1. The molecule has 1 saturated carbocycles. The van der Waals surface area contributed by atoms with Crippen LogP contribution in [0.5, 0.6) is 0 Å². The van der Waals surface area contributed by atoms with E-state index in [2.05, 4.69) is 28.1 Å². The first-order chi connectivity index (χ1) is 7.27. The van der Waals surface area contributed by atoms with Crippen molar-refractivity contribution in [3.05, 3.63) is 33.8 Å². The second kappa shape index (κ2) is 3.44. The Labute approximate surface area is 98.0 Å². The number of hydrogen-bond acceptors (Lipinski definition) is 1. The average Bonchev–Trinajstić information content (AvgIpc) is 2.54. The fraction of sp³-hybridized carbons (Fsp3) is 0.462. The summed E-state index contributed by atoms with van der Waals surface area (Å²) in [4.78, 5) is 12.2. The van der Waals surface area contributed by atoms with Gasteiger partial charge in [-0.15, -0.1) is 0 Å². The van der Waals surface area contributed by atoms with Crippen molar-refractivity contribution in [1.82, 2.24) is 0 Å². The molecule has 0 aromatic heterocycles. The van der Waals surface area contributed by atoms with Crippen molar-refractivity contribution >= 4 is 21.7 Å². The molecule has 1 nitrogen and oxygen atoms in total. The lowest BCUT2D eigenvalue weighted by Crippen LogP contribution is -2.17. The number of benzene rings is 1. The van der Waals surface area contributed by atoms with Gasteiger partial charge < -0.3 is 0 Å². The maximum atomic E-state index is 12.2. The zero-order valence-electron chi connectivity index (χ0n) is 8.50. The maximum Gasteiger partial charge on any atom is 0.166 e. The topological polar surface area (TPSA) is 17.1 Å². The summed E-state index contributed by atoms with van der Waals surface area (Å²) in [6.07, 6.45) is 4.80. The van der Waals surface area contributed by atoms with Crippen LogP contribution < -0.4 is 0 Å². The summed E-state index contributed by atoms with van der Waals surface area (Å²) in [5, 5.41) is 0. The van der Waals surface area contributed by atoms with Gasteiger partial charge in [0.2, 0.25) is 0 Å². The van der Waals surface area contributed by atoms with Crippen molar-refractivity contribution in [3.8, 4) is 0 Å². The van der Waals surface area contributed by atoms with Crippen molar-refractivity contribution in [2.24, 2.45) is 5.92 Å². The average molecular weight is 265 g/mol. The molecule has 0 spiro atoms. The predicted octanol–water partition coefficient (Wildman–Crippen LogP) is 3.92. The Kier molecular flexibility index (Phi) is 2.20. The third kappa shape index (κ3) is 1.38. The Morgan fingerprint density at radius 2 is 1.87 bits per heavy atom. The summed E-state index contributed by atoms with van der Waals surface area (Å²) >= 11 is 3.44. The first-order valence-electron chi connectivity index (χ1n) is 5.61. The molecule has 0 aliphatic heterocycles. The first-order valence-corrected chi connectivity index (χ1v) is 6.40. The Bertz CT molecular complexity index is 425. The standard InChI is InChI=1S/C13H13BrO/c14-8-5-6-10-9-3-1-2-4-11(9)13(15)12(10)7-8/h5-7,9,11H,1-4H2/t9-,11+/m1/s1.